The molecule has 5 nitrogen and oxygen atoms in total. The van der Waals surface area contributed by atoms with Crippen LogP contribution in [0.25, 0.3) is 0 Å². The maximum atomic E-state index is 12.2. The SMILES string of the molecule is CCC(CC)C(O)CC(=O)N1C(=O)OC[C@@H]1C(C)C. The first-order chi connectivity index (χ1) is 8.92. The van der Waals surface area contributed by atoms with E-state index in [1.165, 1.54) is 4.90 Å². The van der Waals surface area contributed by atoms with Gasteiger partial charge in [0.2, 0.25) is 5.91 Å². The van der Waals surface area contributed by atoms with Crippen LogP contribution in [-0.2, 0) is 9.53 Å². The van der Waals surface area contributed by atoms with Gasteiger partial charge in [-0.2, -0.15) is 0 Å². The molecule has 0 aromatic heterocycles. The van der Waals surface area contributed by atoms with Crippen LogP contribution in [0.3, 0.4) is 0 Å². The Balaban J connectivity index is 2.68. The Hall–Kier alpha value is -1.10. The molecule has 0 aromatic carbocycles. The summed E-state index contributed by atoms with van der Waals surface area (Å²) in [7, 11) is 0. The zero-order valence-electron chi connectivity index (χ0n) is 12.3. The molecule has 1 unspecified atom stereocenters. The predicted octanol–water partition coefficient (Wildman–Crippen LogP) is 2.18. The first kappa shape index (κ1) is 16.0. The van der Waals surface area contributed by atoms with E-state index in [9.17, 15) is 14.7 Å². The van der Waals surface area contributed by atoms with Crippen molar-refractivity contribution in [3.8, 4) is 0 Å². The molecule has 1 aliphatic heterocycles. The molecule has 1 rings (SSSR count). The number of amides is 2. The Morgan fingerprint density at radius 3 is 2.47 bits per heavy atom. The molecule has 0 radical (unpaired) electrons. The van der Waals surface area contributed by atoms with Crippen molar-refractivity contribution in [3.05, 3.63) is 0 Å². The van der Waals surface area contributed by atoms with Gasteiger partial charge >= 0.3 is 6.09 Å². The molecular weight excluding hydrogens is 246 g/mol. The van der Waals surface area contributed by atoms with Gasteiger partial charge in [-0.15, -0.1) is 0 Å². The fourth-order valence-corrected chi connectivity index (χ4v) is 2.49. The number of ether oxygens (including phenoxy) is 1. The van der Waals surface area contributed by atoms with E-state index >= 15 is 0 Å². The number of imide groups is 1. The lowest BCUT2D eigenvalue weighted by molar-refractivity contribution is -0.132. The van der Waals surface area contributed by atoms with Crippen LogP contribution in [-0.4, -0.2) is 40.8 Å². The summed E-state index contributed by atoms with van der Waals surface area (Å²) in [5.41, 5.74) is 0. The summed E-state index contributed by atoms with van der Waals surface area (Å²) < 4.78 is 4.94. The number of rotatable bonds is 6. The van der Waals surface area contributed by atoms with E-state index < -0.39 is 12.2 Å². The molecule has 1 saturated heterocycles. The van der Waals surface area contributed by atoms with Gasteiger partial charge in [-0.3, -0.25) is 4.79 Å². The van der Waals surface area contributed by atoms with E-state index in [1.807, 2.05) is 27.7 Å². The lowest BCUT2D eigenvalue weighted by atomic mass is 9.93. The average molecular weight is 271 g/mol. The fourth-order valence-electron chi connectivity index (χ4n) is 2.49. The summed E-state index contributed by atoms with van der Waals surface area (Å²) in [6.45, 7) is 8.13. The number of carbonyl (C=O) groups excluding carboxylic acids is 2. The van der Waals surface area contributed by atoms with Gasteiger partial charge < -0.3 is 9.84 Å². The quantitative estimate of drug-likeness (QED) is 0.804. The molecular formula is C14H25NO4. The lowest BCUT2D eigenvalue weighted by Gasteiger charge is -2.25. The summed E-state index contributed by atoms with van der Waals surface area (Å²) in [6, 6.07) is -0.214. The standard InChI is InChI=1S/C14H25NO4/c1-5-10(6-2)12(16)7-13(17)15-11(9(3)4)8-19-14(15)18/h9-12,16H,5-8H2,1-4H3/t11-,12?/m1/s1. The topological polar surface area (TPSA) is 66.8 Å². The third kappa shape index (κ3) is 3.69. The van der Waals surface area contributed by atoms with E-state index in [0.29, 0.717) is 0 Å². The Bertz CT molecular complexity index is 325. The number of hydrogen-bond acceptors (Lipinski definition) is 4. The van der Waals surface area contributed by atoms with Crippen LogP contribution >= 0.6 is 0 Å². The molecule has 0 aromatic rings. The average Bonchev–Trinajstić information content (AvgIpc) is 2.72. The van der Waals surface area contributed by atoms with Crippen molar-refractivity contribution >= 4 is 12.0 Å². The zero-order chi connectivity index (χ0) is 14.6. The Kier molecular flexibility index (Phi) is 5.79. The smallest absolute Gasteiger partial charge is 0.416 e. The first-order valence-corrected chi connectivity index (χ1v) is 7.09. The van der Waals surface area contributed by atoms with E-state index in [-0.39, 0.29) is 36.8 Å². The number of nitrogens with zero attached hydrogens (tertiary/aromatic N) is 1. The van der Waals surface area contributed by atoms with Gasteiger partial charge in [-0.1, -0.05) is 40.5 Å². The Morgan fingerprint density at radius 1 is 1.42 bits per heavy atom. The second-order valence-corrected chi connectivity index (χ2v) is 5.50. The summed E-state index contributed by atoms with van der Waals surface area (Å²) in [4.78, 5) is 25.0. The minimum atomic E-state index is -0.691. The predicted molar refractivity (Wildman–Crippen MR) is 71.5 cm³/mol. The molecule has 5 heteroatoms. The van der Waals surface area contributed by atoms with Gasteiger partial charge in [0.05, 0.1) is 18.6 Å². The van der Waals surface area contributed by atoms with Gasteiger partial charge in [-0.05, 0) is 11.8 Å². The van der Waals surface area contributed by atoms with E-state index in [4.69, 9.17) is 4.74 Å². The van der Waals surface area contributed by atoms with E-state index in [0.717, 1.165) is 12.8 Å². The highest BCUT2D eigenvalue weighted by Gasteiger charge is 2.40. The van der Waals surface area contributed by atoms with Crippen LogP contribution in [0.1, 0.15) is 47.0 Å². The Labute approximate surface area is 114 Å². The van der Waals surface area contributed by atoms with Gasteiger partial charge in [0.15, 0.2) is 0 Å². The first-order valence-electron chi connectivity index (χ1n) is 7.09. The van der Waals surface area contributed by atoms with Crippen LogP contribution in [0.15, 0.2) is 0 Å². The lowest BCUT2D eigenvalue weighted by Crippen LogP contribution is -2.43. The molecule has 110 valence electrons. The molecule has 1 aliphatic rings. The number of aliphatic hydroxyl groups is 1. The molecule has 0 bridgehead atoms. The monoisotopic (exact) mass is 271 g/mol. The van der Waals surface area contributed by atoms with Gasteiger partial charge in [0.25, 0.3) is 0 Å². The molecule has 2 atom stereocenters. The normalized spacial score (nSPS) is 21.1. The number of cyclic esters (lactones) is 1. The summed E-state index contributed by atoms with van der Waals surface area (Å²) in [5, 5.41) is 10.1. The van der Waals surface area contributed by atoms with Crippen molar-refractivity contribution < 1.29 is 19.4 Å². The minimum Gasteiger partial charge on any atom is -0.447 e. The number of aliphatic hydroxyl groups excluding tert-OH is 1. The summed E-state index contributed by atoms with van der Waals surface area (Å²) in [6.07, 6.45) is 0.362. The Morgan fingerprint density at radius 2 is 2.00 bits per heavy atom. The van der Waals surface area contributed by atoms with E-state index in [1.54, 1.807) is 0 Å². The highest BCUT2D eigenvalue weighted by molar-refractivity contribution is 5.93. The molecule has 19 heavy (non-hydrogen) atoms. The third-order valence-electron chi connectivity index (χ3n) is 3.92. The molecule has 0 spiro atoms. The van der Waals surface area contributed by atoms with Crippen LogP contribution < -0.4 is 0 Å². The maximum absolute atomic E-state index is 12.2. The van der Waals surface area contributed by atoms with Crippen molar-refractivity contribution in [2.45, 2.75) is 59.1 Å². The molecule has 0 aliphatic carbocycles. The van der Waals surface area contributed by atoms with Crippen LogP contribution in [0.2, 0.25) is 0 Å². The van der Waals surface area contributed by atoms with Crippen molar-refractivity contribution in [2.75, 3.05) is 6.61 Å². The largest absolute Gasteiger partial charge is 0.447 e. The molecule has 1 fully saturated rings. The van der Waals surface area contributed by atoms with Crippen LogP contribution in [0.4, 0.5) is 4.79 Å². The van der Waals surface area contributed by atoms with Crippen LogP contribution in [0, 0.1) is 11.8 Å². The highest BCUT2D eigenvalue weighted by atomic mass is 16.6. The maximum Gasteiger partial charge on any atom is 0.416 e. The van der Waals surface area contributed by atoms with E-state index in [2.05, 4.69) is 0 Å². The molecule has 0 saturated carbocycles. The van der Waals surface area contributed by atoms with Gasteiger partial charge in [-0.25, -0.2) is 9.69 Å². The summed E-state index contributed by atoms with van der Waals surface area (Å²) in [5.74, 6) is -0.0821. The second kappa shape index (κ2) is 6.89. The third-order valence-corrected chi connectivity index (χ3v) is 3.92. The molecule has 1 heterocycles. The highest BCUT2D eigenvalue weighted by Crippen LogP contribution is 2.23. The van der Waals surface area contributed by atoms with Crippen LogP contribution in [0.5, 0.6) is 0 Å². The molecule has 1 N–H and O–H groups in total. The van der Waals surface area contributed by atoms with Crippen molar-refractivity contribution in [3.63, 3.8) is 0 Å². The molecule has 2 amide bonds. The minimum absolute atomic E-state index is 0.00926. The van der Waals surface area contributed by atoms with Crippen molar-refractivity contribution in [1.29, 1.82) is 0 Å². The number of carbonyl (C=O) groups is 2. The van der Waals surface area contributed by atoms with Gasteiger partial charge in [0, 0.05) is 0 Å². The van der Waals surface area contributed by atoms with Crippen molar-refractivity contribution in [2.24, 2.45) is 11.8 Å². The number of hydrogen-bond donors (Lipinski definition) is 1. The second-order valence-electron chi connectivity index (χ2n) is 5.50. The fraction of sp³-hybridized carbons (Fsp3) is 0.857. The van der Waals surface area contributed by atoms with Gasteiger partial charge in [0.1, 0.15) is 6.61 Å². The summed E-state index contributed by atoms with van der Waals surface area (Å²) >= 11 is 0. The zero-order valence-corrected chi connectivity index (χ0v) is 12.3. The van der Waals surface area contributed by atoms with Crippen molar-refractivity contribution in [1.82, 2.24) is 4.90 Å².